The summed E-state index contributed by atoms with van der Waals surface area (Å²) >= 11 is 5.71. The molecule has 1 fully saturated rings. The van der Waals surface area contributed by atoms with Crippen LogP contribution in [0.25, 0.3) is 10.8 Å². The molecule has 0 bridgehead atoms. The fourth-order valence-corrected chi connectivity index (χ4v) is 4.23. The van der Waals surface area contributed by atoms with Crippen LogP contribution in [0.2, 0.25) is 0 Å². The van der Waals surface area contributed by atoms with Gasteiger partial charge in [0.2, 0.25) is 0 Å². The zero-order valence-corrected chi connectivity index (χ0v) is 16.3. The topological polar surface area (TPSA) is 29.1 Å². The number of ketones is 1. The Bertz CT molecular complexity index is 749. The molecule has 2 nitrogen and oxygen atoms in total. The Morgan fingerprint density at radius 1 is 0.846 bits per heavy atom. The summed E-state index contributed by atoms with van der Waals surface area (Å²) in [5.74, 6) is 0.187. The molecule has 1 N–H and O–H groups in total. The van der Waals surface area contributed by atoms with E-state index in [0.29, 0.717) is 17.2 Å². The zero-order valence-electron chi connectivity index (χ0n) is 15.5. The van der Waals surface area contributed by atoms with E-state index in [4.69, 9.17) is 12.2 Å². The third-order valence-corrected chi connectivity index (χ3v) is 5.81. The maximum absolute atomic E-state index is 12.8. The second-order valence-electron chi connectivity index (χ2n) is 7.40. The van der Waals surface area contributed by atoms with Crippen molar-refractivity contribution in [3.05, 3.63) is 42.5 Å². The van der Waals surface area contributed by atoms with Crippen LogP contribution in [0, 0.1) is 5.92 Å². The summed E-state index contributed by atoms with van der Waals surface area (Å²) in [5.41, 5.74) is 1.01. The van der Waals surface area contributed by atoms with Crippen molar-refractivity contribution in [3.8, 4) is 0 Å². The van der Waals surface area contributed by atoms with Gasteiger partial charge in [0.1, 0.15) is 5.78 Å². The molecular formula is C23H29NOS. The van der Waals surface area contributed by atoms with Gasteiger partial charge in [-0.25, -0.2) is 0 Å². The third-order valence-electron chi connectivity index (χ3n) is 5.42. The Balaban J connectivity index is 1.73. The lowest BCUT2D eigenvalue weighted by Gasteiger charge is -2.20. The first-order valence-corrected chi connectivity index (χ1v) is 10.5. The first kappa shape index (κ1) is 19.0. The number of Topliss-reactive ketones (excluding diaryl/α,β-unsaturated/α-hetero) is 1. The molecule has 26 heavy (non-hydrogen) atoms. The molecule has 0 saturated heterocycles. The normalized spacial score (nSPS) is 20.2. The van der Waals surface area contributed by atoms with Gasteiger partial charge in [0.05, 0.1) is 10.9 Å². The van der Waals surface area contributed by atoms with Crippen LogP contribution in [0.1, 0.15) is 64.2 Å². The van der Waals surface area contributed by atoms with Crippen molar-refractivity contribution in [3.63, 3.8) is 0 Å². The van der Waals surface area contributed by atoms with Crippen molar-refractivity contribution >= 4 is 39.4 Å². The largest absolute Gasteiger partial charge is 0.349 e. The van der Waals surface area contributed by atoms with Crippen LogP contribution < -0.4 is 5.32 Å². The quantitative estimate of drug-likeness (QED) is 0.600. The predicted octanol–water partition coefficient (Wildman–Crippen LogP) is 6.68. The van der Waals surface area contributed by atoms with Crippen LogP contribution >= 0.6 is 12.2 Å². The summed E-state index contributed by atoms with van der Waals surface area (Å²) in [5, 5.41) is 5.74. The van der Waals surface area contributed by atoms with Gasteiger partial charge in [-0.05, 0) is 24.3 Å². The minimum atomic E-state index is -0.136. The van der Waals surface area contributed by atoms with E-state index in [1.165, 1.54) is 43.9 Å². The molecule has 0 heterocycles. The minimum Gasteiger partial charge on any atom is -0.349 e. The van der Waals surface area contributed by atoms with E-state index in [2.05, 4.69) is 29.6 Å². The summed E-state index contributed by atoms with van der Waals surface area (Å²) in [4.78, 5) is 13.5. The van der Waals surface area contributed by atoms with Crippen molar-refractivity contribution in [1.29, 1.82) is 0 Å². The van der Waals surface area contributed by atoms with Gasteiger partial charge in [-0.3, -0.25) is 4.79 Å². The molecule has 0 aromatic heterocycles. The average Bonchev–Trinajstić information content (AvgIpc) is 2.65. The fourth-order valence-electron chi connectivity index (χ4n) is 3.88. The van der Waals surface area contributed by atoms with Crippen LogP contribution in [0.5, 0.6) is 0 Å². The fraction of sp³-hybridized carbons (Fsp3) is 0.478. The highest BCUT2D eigenvalue weighted by atomic mass is 32.1. The van der Waals surface area contributed by atoms with Crippen LogP contribution in [-0.4, -0.2) is 10.8 Å². The molecule has 0 amide bonds. The van der Waals surface area contributed by atoms with Crippen molar-refractivity contribution in [2.75, 3.05) is 5.32 Å². The van der Waals surface area contributed by atoms with Gasteiger partial charge in [0.15, 0.2) is 0 Å². The highest BCUT2D eigenvalue weighted by Crippen LogP contribution is 2.26. The summed E-state index contributed by atoms with van der Waals surface area (Å²) in [6, 6.07) is 14.5. The number of benzene rings is 2. The number of nitrogens with one attached hydrogen (secondary N) is 1. The molecule has 1 atom stereocenters. The van der Waals surface area contributed by atoms with Gasteiger partial charge in [-0.1, -0.05) is 93.6 Å². The molecule has 3 heteroatoms. The molecule has 1 aliphatic carbocycles. The molecule has 2 aromatic carbocycles. The van der Waals surface area contributed by atoms with Gasteiger partial charge in [-0.15, -0.1) is 0 Å². The third kappa shape index (κ3) is 5.14. The standard InChI is InChI=1S/C23H29NOS/c25-22-17-8-6-4-2-1-3-5-7-15-20(22)23(26)24-21-16-11-13-18-12-9-10-14-19(18)21/h9-14,16,20H,1-8,15,17H2,(H,24,26). The molecule has 0 radical (unpaired) electrons. The number of hydrogen-bond donors (Lipinski definition) is 1. The Morgan fingerprint density at radius 3 is 2.31 bits per heavy atom. The van der Waals surface area contributed by atoms with Crippen molar-refractivity contribution < 1.29 is 4.79 Å². The Morgan fingerprint density at radius 2 is 1.50 bits per heavy atom. The van der Waals surface area contributed by atoms with Gasteiger partial charge in [-0.2, -0.15) is 0 Å². The van der Waals surface area contributed by atoms with Crippen LogP contribution in [0.3, 0.4) is 0 Å². The van der Waals surface area contributed by atoms with Gasteiger partial charge >= 0.3 is 0 Å². The van der Waals surface area contributed by atoms with Crippen LogP contribution in [-0.2, 0) is 4.79 Å². The highest BCUT2D eigenvalue weighted by Gasteiger charge is 2.23. The molecular weight excluding hydrogens is 338 g/mol. The number of anilines is 1. The predicted molar refractivity (Wildman–Crippen MR) is 115 cm³/mol. The number of carbonyl (C=O) groups excluding carboxylic acids is 1. The lowest BCUT2D eigenvalue weighted by Crippen LogP contribution is -2.28. The van der Waals surface area contributed by atoms with E-state index in [-0.39, 0.29) is 5.92 Å². The summed E-state index contributed by atoms with van der Waals surface area (Å²) in [6.45, 7) is 0. The highest BCUT2D eigenvalue weighted by molar-refractivity contribution is 7.80. The second kappa shape index (κ2) is 9.82. The minimum absolute atomic E-state index is 0.136. The van der Waals surface area contributed by atoms with E-state index in [1.54, 1.807) is 0 Å². The molecule has 1 aliphatic rings. The van der Waals surface area contributed by atoms with Crippen LogP contribution in [0.4, 0.5) is 5.69 Å². The maximum atomic E-state index is 12.8. The van der Waals surface area contributed by atoms with E-state index in [1.807, 2.05) is 18.2 Å². The van der Waals surface area contributed by atoms with Gasteiger partial charge < -0.3 is 5.32 Å². The second-order valence-corrected chi connectivity index (χ2v) is 7.84. The molecule has 1 unspecified atom stereocenters. The lowest BCUT2D eigenvalue weighted by molar-refractivity contribution is -0.121. The Kier molecular flexibility index (Phi) is 7.19. The van der Waals surface area contributed by atoms with Gasteiger partial charge in [0.25, 0.3) is 0 Å². The number of hydrogen-bond acceptors (Lipinski definition) is 2. The zero-order chi connectivity index (χ0) is 18.2. The molecule has 138 valence electrons. The number of carbonyl (C=O) groups is 1. The van der Waals surface area contributed by atoms with E-state index in [9.17, 15) is 4.79 Å². The average molecular weight is 368 g/mol. The molecule has 0 aliphatic heterocycles. The molecule has 0 spiro atoms. The first-order chi connectivity index (χ1) is 12.8. The Labute approximate surface area is 162 Å². The van der Waals surface area contributed by atoms with E-state index in [0.717, 1.165) is 30.3 Å². The van der Waals surface area contributed by atoms with E-state index < -0.39 is 0 Å². The molecule has 1 saturated carbocycles. The SMILES string of the molecule is O=C1CCCCCCCCCCC1C(=S)Nc1cccc2ccccc12. The maximum Gasteiger partial charge on any atom is 0.142 e. The van der Waals surface area contributed by atoms with Crippen molar-refractivity contribution in [2.24, 2.45) is 5.92 Å². The smallest absolute Gasteiger partial charge is 0.142 e. The Hall–Kier alpha value is -1.74. The number of rotatable bonds is 2. The monoisotopic (exact) mass is 367 g/mol. The van der Waals surface area contributed by atoms with E-state index >= 15 is 0 Å². The summed E-state index contributed by atoms with van der Waals surface area (Å²) in [7, 11) is 0. The lowest BCUT2D eigenvalue weighted by atomic mass is 9.91. The first-order valence-electron chi connectivity index (χ1n) is 10.1. The summed E-state index contributed by atoms with van der Waals surface area (Å²) in [6.07, 6.45) is 11.2. The van der Waals surface area contributed by atoms with Crippen LogP contribution in [0.15, 0.2) is 42.5 Å². The van der Waals surface area contributed by atoms with Crippen molar-refractivity contribution in [1.82, 2.24) is 0 Å². The van der Waals surface area contributed by atoms with Gasteiger partial charge in [0, 0.05) is 17.5 Å². The molecule has 2 aromatic rings. The summed E-state index contributed by atoms with van der Waals surface area (Å²) < 4.78 is 0. The number of thiocarbonyl (C=S) groups is 1. The van der Waals surface area contributed by atoms with Crippen molar-refractivity contribution in [2.45, 2.75) is 64.2 Å². The number of fused-ring (bicyclic) bond motifs is 1. The molecule has 3 rings (SSSR count).